The number of benzene rings is 2. The Morgan fingerprint density at radius 2 is 0.933 bits per heavy atom. The van der Waals surface area contributed by atoms with Gasteiger partial charge in [0.25, 0.3) is 0 Å². The number of aryl methyl sites for hydroxylation is 4. The van der Waals surface area contributed by atoms with E-state index in [1.54, 1.807) is 22.3 Å². The maximum atomic E-state index is 2.86. The molecule has 2 aromatic carbocycles. The van der Waals surface area contributed by atoms with Crippen molar-refractivity contribution in [3.05, 3.63) is 79.9 Å². The molecule has 2 aliphatic carbocycles. The summed E-state index contributed by atoms with van der Waals surface area (Å²) in [7, 11) is 0. The van der Waals surface area contributed by atoms with E-state index in [-0.39, 0.29) is 0 Å². The maximum absolute atomic E-state index is 3.40. The fourth-order valence-electron chi connectivity index (χ4n) is 7.12. The van der Waals surface area contributed by atoms with Crippen molar-refractivity contribution in [3.8, 4) is 0 Å². The molecule has 30 heavy (non-hydrogen) atoms. The second kappa shape index (κ2) is 7.01. The molecule has 0 spiro atoms. The number of rotatable bonds is 3. The zero-order valence-corrected chi connectivity index (χ0v) is 24.3. The van der Waals surface area contributed by atoms with E-state index < -0.39 is 23.9 Å². The van der Waals surface area contributed by atoms with Crippen molar-refractivity contribution in [2.45, 2.75) is 71.2 Å². The molecule has 0 saturated carbocycles. The van der Waals surface area contributed by atoms with Crippen LogP contribution in [-0.4, -0.2) is 5.92 Å². The van der Waals surface area contributed by atoms with Gasteiger partial charge < -0.3 is 0 Å². The Morgan fingerprint density at radius 1 is 0.600 bits per heavy atom. The van der Waals surface area contributed by atoms with Crippen molar-refractivity contribution in [3.63, 3.8) is 0 Å². The zero-order chi connectivity index (χ0) is 22.2. The van der Waals surface area contributed by atoms with Crippen LogP contribution in [0.25, 0.3) is 12.2 Å². The van der Waals surface area contributed by atoms with E-state index in [0.717, 1.165) is 0 Å². The summed E-state index contributed by atoms with van der Waals surface area (Å²) in [6.45, 7) is 19.6. The third-order valence-corrected chi connectivity index (χ3v) is 56.4. The molecule has 0 N–H and O–H groups in total. The molecule has 0 aliphatic heterocycles. The van der Waals surface area contributed by atoms with Crippen LogP contribution in [0.2, 0.25) is 22.4 Å². The summed E-state index contributed by atoms with van der Waals surface area (Å²) in [4.78, 5) is 0. The van der Waals surface area contributed by atoms with Crippen molar-refractivity contribution < 1.29 is 17.9 Å². The van der Waals surface area contributed by atoms with Gasteiger partial charge in [0.15, 0.2) is 0 Å². The molecule has 2 unspecified atom stereocenters. The zero-order valence-electron chi connectivity index (χ0n) is 20.7. The minimum atomic E-state index is -3.40. The van der Waals surface area contributed by atoms with Gasteiger partial charge in [-0.25, -0.2) is 0 Å². The molecule has 2 atom stereocenters. The summed E-state index contributed by atoms with van der Waals surface area (Å²) < 4.78 is 7.06. The quantitative estimate of drug-likeness (QED) is 0.376. The van der Waals surface area contributed by atoms with E-state index in [0.29, 0.717) is 7.25 Å². The predicted octanol–water partition coefficient (Wildman–Crippen LogP) is 8.31. The SMILES string of the molecule is CC1=Cc2c(C)ccc(C)c2[CH]1[Zr]([CH3])([CH3])([CH]1C(C)=Cc2c(C)ccc(C)c21)[SiH](C)C. The number of fused-ring (bicyclic) bond motifs is 2. The molecule has 2 aliphatic rings. The summed E-state index contributed by atoms with van der Waals surface area (Å²) in [5.74, 6) is -0.961. The Hall–Kier alpha value is -0.980. The second-order valence-electron chi connectivity index (χ2n) is 11.6. The second-order valence-corrected chi connectivity index (χ2v) is 49.5. The molecule has 4 rings (SSSR count). The first-order valence-corrected chi connectivity index (χ1v) is 26.6. The molecule has 2 aromatic rings. The summed E-state index contributed by atoms with van der Waals surface area (Å²) in [5.41, 5.74) is 15.7. The predicted molar refractivity (Wildman–Crippen MR) is 135 cm³/mol. The molecule has 0 saturated heterocycles. The van der Waals surface area contributed by atoms with Crippen molar-refractivity contribution in [1.29, 1.82) is 0 Å². The number of hydrogen-bond acceptors (Lipinski definition) is 0. The van der Waals surface area contributed by atoms with Gasteiger partial charge in [-0.3, -0.25) is 0 Å². The van der Waals surface area contributed by atoms with E-state index >= 15 is 0 Å². The molecular formula is C28H39SiZr. The molecule has 0 heterocycles. The molecule has 0 amide bonds. The van der Waals surface area contributed by atoms with Crippen molar-refractivity contribution in [2.75, 3.05) is 0 Å². The van der Waals surface area contributed by atoms with Crippen LogP contribution in [0.3, 0.4) is 0 Å². The summed E-state index contributed by atoms with van der Waals surface area (Å²) in [6.07, 6.45) is 5.11. The van der Waals surface area contributed by atoms with E-state index in [1.807, 2.05) is 0 Å². The van der Waals surface area contributed by atoms with Gasteiger partial charge in [0, 0.05) is 0 Å². The monoisotopic (exact) mass is 493 g/mol. The van der Waals surface area contributed by atoms with Crippen LogP contribution < -0.4 is 0 Å². The van der Waals surface area contributed by atoms with E-state index in [9.17, 15) is 0 Å². The normalized spacial score (nSPS) is 21.8. The van der Waals surface area contributed by atoms with Crippen molar-refractivity contribution in [2.24, 2.45) is 0 Å². The fraction of sp³-hybridized carbons (Fsp3) is 0.429. The fourth-order valence-corrected chi connectivity index (χ4v) is 38.0. The summed E-state index contributed by atoms with van der Waals surface area (Å²) in [6, 6.07) is 9.41. The standard InChI is InChI=1S/2C12H13.C2H7Si.2CH3.Zr/c2*1-8-6-11-9(2)4-5-10(3)12(11)7-8;1-3-2;;;/h2*4-7H,1-3H3;3H,1-2H3;2*1H3;. The summed E-state index contributed by atoms with van der Waals surface area (Å²) >= 11 is -3.40. The van der Waals surface area contributed by atoms with Crippen LogP contribution in [0.1, 0.15) is 65.6 Å². The third kappa shape index (κ3) is 2.79. The van der Waals surface area contributed by atoms with Gasteiger partial charge >= 0.3 is 187 Å². The first-order chi connectivity index (χ1) is 13.9. The van der Waals surface area contributed by atoms with Gasteiger partial charge in [-0.15, -0.1) is 0 Å². The third-order valence-electron chi connectivity index (χ3n) is 9.32. The van der Waals surface area contributed by atoms with Gasteiger partial charge in [0.1, 0.15) is 0 Å². The molecular weight excluding hydrogens is 456 g/mol. The van der Waals surface area contributed by atoms with E-state index in [4.69, 9.17) is 0 Å². The van der Waals surface area contributed by atoms with Crippen molar-refractivity contribution >= 4 is 18.1 Å². The summed E-state index contributed by atoms with van der Waals surface area (Å²) in [5, 5.41) is 0. The molecule has 0 aromatic heterocycles. The average Bonchev–Trinajstić information content (AvgIpc) is 3.21. The molecule has 0 bridgehead atoms. The van der Waals surface area contributed by atoms with Crippen LogP contribution in [-0.2, 0) is 17.9 Å². The molecule has 0 nitrogen and oxygen atoms in total. The Labute approximate surface area is 186 Å². The van der Waals surface area contributed by atoms with Gasteiger partial charge in [0.2, 0.25) is 0 Å². The topological polar surface area (TPSA) is 0 Å². The minimum absolute atomic E-state index is 0.673. The van der Waals surface area contributed by atoms with Crippen molar-refractivity contribution in [1.82, 2.24) is 0 Å². The van der Waals surface area contributed by atoms with Gasteiger partial charge in [-0.1, -0.05) is 0 Å². The van der Waals surface area contributed by atoms with E-state index in [1.165, 1.54) is 33.4 Å². The molecule has 0 radical (unpaired) electrons. The van der Waals surface area contributed by atoms with Crippen LogP contribution >= 0.6 is 0 Å². The van der Waals surface area contributed by atoms with Crippen LogP contribution in [0.15, 0.2) is 35.4 Å². The van der Waals surface area contributed by atoms with E-state index in [2.05, 4.69) is 100 Å². The molecule has 2 heteroatoms. The van der Waals surface area contributed by atoms with Gasteiger partial charge in [-0.2, -0.15) is 0 Å². The molecule has 159 valence electrons. The Bertz CT molecular complexity index is 1050. The Kier molecular flexibility index (Phi) is 5.19. The molecule has 0 fully saturated rings. The van der Waals surface area contributed by atoms with Gasteiger partial charge in [0.05, 0.1) is 0 Å². The van der Waals surface area contributed by atoms with Crippen LogP contribution in [0.5, 0.6) is 0 Å². The van der Waals surface area contributed by atoms with Gasteiger partial charge in [-0.05, 0) is 0 Å². The average molecular weight is 495 g/mol. The Balaban J connectivity index is 2.07. The Morgan fingerprint density at radius 3 is 1.27 bits per heavy atom. The number of allylic oxidation sites excluding steroid dienone is 2. The first-order valence-electron chi connectivity index (χ1n) is 11.7. The number of hydrogen-bond donors (Lipinski definition) is 0. The van der Waals surface area contributed by atoms with Crippen LogP contribution in [0, 0.1) is 27.7 Å². The first kappa shape index (κ1) is 22.2. The van der Waals surface area contributed by atoms with Crippen LogP contribution in [0.4, 0.5) is 0 Å².